The van der Waals surface area contributed by atoms with Crippen LogP contribution in [0.5, 0.6) is 0 Å². The van der Waals surface area contributed by atoms with Crippen LogP contribution in [0.3, 0.4) is 0 Å². The lowest BCUT2D eigenvalue weighted by Gasteiger charge is -2.08. The van der Waals surface area contributed by atoms with Gasteiger partial charge < -0.3 is 9.30 Å². The van der Waals surface area contributed by atoms with Gasteiger partial charge in [0.05, 0.1) is 12.3 Å². The van der Waals surface area contributed by atoms with Gasteiger partial charge >= 0.3 is 5.97 Å². The second kappa shape index (κ2) is 7.70. The van der Waals surface area contributed by atoms with Crippen molar-refractivity contribution in [2.45, 2.75) is 34.2 Å². The van der Waals surface area contributed by atoms with Gasteiger partial charge in [0.2, 0.25) is 0 Å². The number of carbonyl (C=O) groups excluding carboxylic acids is 2. The number of amides is 1. The van der Waals surface area contributed by atoms with Crippen molar-refractivity contribution >= 4 is 50.8 Å². The van der Waals surface area contributed by atoms with Crippen molar-refractivity contribution in [3.63, 3.8) is 0 Å². The van der Waals surface area contributed by atoms with E-state index in [1.807, 2.05) is 36.6 Å². The zero-order valence-corrected chi connectivity index (χ0v) is 17.1. The van der Waals surface area contributed by atoms with Crippen LogP contribution in [0.15, 0.2) is 18.2 Å². The maximum atomic E-state index is 13.0. The molecule has 0 saturated carbocycles. The predicted octanol–water partition coefficient (Wildman–Crippen LogP) is 4.82. The number of hydrogen-bond acceptors (Lipinski definition) is 5. The van der Waals surface area contributed by atoms with Gasteiger partial charge in [-0.15, -0.1) is 0 Å². The Morgan fingerprint density at radius 1 is 1.30 bits per heavy atom. The van der Waals surface area contributed by atoms with Crippen LogP contribution in [0.25, 0.3) is 10.9 Å². The number of hydrogen-bond donors (Lipinski definition) is 1. The first-order valence-electron chi connectivity index (χ1n) is 8.61. The van der Waals surface area contributed by atoms with Crippen LogP contribution >= 0.6 is 22.9 Å². The van der Waals surface area contributed by atoms with E-state index >= 15 is 0 Å². The highest BCUT2D eigenvalue weighted by molar-refractivity contribution is 7.17. The Morgan fingerprint density at radius 3 is 2.70 bits per heavy atom. The summed E-state index contributed by atoms with van der Waals surface area (Å²) in [7, 11) is 0. The summed E-state index contributed by atoms with van der Waals surface area (Å²) in [5, 5.41) is 4.75. The Labute approximate surface area is 166 Å². The summed E-state index contributed by atoms with van der Waals surface area (Å²) in [5.74, 6) is -0.702. The molecule has 8 heteroatoms. The smallest absolute Gasteiger partial charge is 0.350 e. The fourth-order valence-corrected chi connectivity index (χ4v) is 4.14. The Balaban J connectivity index is 1.97. The molecular formula is C19H20ClN3O3S. The molecule has 0 atom stereocenters. The number of nitrogens with zero attached hydrogens (tertiary/aromatic N) is 2. The van der Waals surface area contributed by atoms with E-state index in [1.54, 1.807) is 13.8 Å². The molecule has 3 rings (SSSR count). The number of carbonyl (C=O) groups is 2. The third-order valence-electron chi connectivity index (χ3n) is 4.29. The van der Waals surface area contributed by atoms with Gasteiger partial charge in [0.25, 0.3) is 5.91 Å². The third-order valence-corrected chi connectivity index (χ3v) is 5.58. The summed E-state index contributed by atoms with van der Waals surface area (Å²) in [6.07, 6.45) is 0. The number of anilines is 1. The van der Waals surface area contributed by atoms with Gasteiger partial charge in [0, 0.05) is 22.5 Å². The van der Waals surface area contributed by atoms with E-state index < -0.39 is 5.97 Å². The molecule has 27 heavy (non-hydrogen) atoms. The zero-order valence-electron chi connectivity index (χ0n) is 15.6. The first kappa shape index (κ1) is 19.4. The number of aryl methyl sites for hydroxylation is 3. The van der Waals surface area contributed by atoms with E-state index in [0.29, 0.717) is 33.0 Å². The largest absolute Gasteiger partial charge is 0.462 e. The molecule has 1 N–H and O–H groups in total. The first-order chi connectivity index (χ1) is 12.9. The number of rotatable bonds is 5. The average molecular weight is 406 g/mol. The van der Waals surface area contributed by atoms with Crippen molar-refractivity contribution in [2.75, 3.05) is 11.9 Å². The van der Waals surface area contributed by atoms with E-state index in [0.717, 1.165) is 27.8 Å². The van der Waals surface area contributed by atoms with Crippen molar-refractivity contribution in [1.82, 2.24) is 9.55 Å². The van der Waals surface area contributed by atoms with E-state index in [4.69, 9.17) is 16.3 Å². The molecular weight excluding hydrogens is 386 g/mol. The van der Waals surface area contributed by atoms with Gasteiger partial charge in [-0.3, -0.25) is 10.1 Å². The fraction of sp³-hybridized carbons (Fsp3) is 0.316. The van der Waals surface area contributed by atoms with E-state index in [2.05, 4.69) is 10.3 Å². The summed E-state index contributed by atoms with van der Waals surface area (Å²) in [4.78, 5) is 29.6. The highest BCUT2D eigenvalue weighted by Gasteiger charge is 2.22. The lowest BCUT2D eigenvalue weighted by atomic mass is 10.1. The Morgan fingerprint density at radius 2 is 2.04 bits per heavy atom. The fourth-order valence-electron chi connectivity index (χ4n) is 3.11. The summed E-state index contributed by atoms with van der Waals surface area (Å²) < 4.78 is 6.97. The maximum Gasteiger partial charge on any atom is 0.350 e. The standard InChI is InChI=1S/C19H20ClN3O3S/c1-5-23-14-8-7-12(20)9-13(14)10(3)15(23)17(24)22-19-21-11(4)16(27-19)18(25)26-6-2/h7-9H,5-6H2,1-4H3,(H,21,22,24). The third kappa shape index (κ3) is 3.57. The van der Waals surface area contributed by atoms with Crippen molar-refractivity contribution < 1.29 is 14.3 Å². The molecule has 6 nitrogen and oxygen atoms in total. The van der Waals surface area contributed by atoms with Crippen LogP contribution in [-0.2, 0) is 11.3 Å². The highest BCUT2D eigenvalue weighted by atomic mass is 35.5. The lowest BCUT2D eigenvalue weighted by molar-refractivity contribution is 0.0531. The lowest BCUT2D eigenvalue weighted by Crippen LogP contribution is -2.17. The van der Waals surface area contributed by atoms with Gasteiger partial charge in [-0.2, -0.15) is 0 Å². The van der Waals surface area contributed by atoms with Gasteiger partial charge in [0.1, 0.15) is 10.6 Å². The molecule has 142 valence electrons. The van der Waals surface area contributed by atoms with E-state index in [9.17, 15) is 9.59 Å². The normalized spacial score (nSPS) is 11.0. The van der Waals surface area contributed by atoms with Gasteiger partial charge in [-0.25, -0.2) is 9.78 Å². The molecule has 0 saturated heterocycles. The van der Waals surface area contributed by atoms with Crippen molar-refractivity contribution in [3.05, 3.63) is 45.1 Å². The minimum atomic E-state index is -0.429. The maximum absolute atomic E-state index is 13.0. The van der Waals surface area contributed by atoms with Crippen LogP contribution in [0.2, 0.25) is 5.02 Å². The number of nitrogens with one attached hydrogen (secondary N) is 1. The molecule has 0 aliphatic heterocycles. The van der Waals surface area contributed by atoms with Crippen LogP contribution in [-0.4, -0.2) is 28.0 Å². The predicted molar refractivity (Wildman–Crippen MR) is 108 cm³/mol. The molecule has 1 amide bonds. The molecule has 0 radical (unpaired) electrons. The number of ether oxygens (including phenoxy) is 1. The second-order valence-electron chi connectivity index (χ2n) is 5.99. The Kier molecular flexibility index (Phi) is 5.53. The molecule has 0 spiro atoms. The first-order valence-corrected chi connectivity index (χ1v) is 9.81. The van der Waals surface area contributed by atoms with Crippen molar-refractivity contribution in [1.29, 1.82) is 0 Å². The quantitative estimate of drug-likeness (QED) is 0.618. The minimum Gasteiger partial charge on any atom is -0.462 e. The van der Waals surface area contributed by atoms with Gasteiger partial charge in [0.15, 0.2) is 5.13 Å². The Bertz CT molecular complexity index is 1040. The number of aromatic nitrogens is 2. The summed E-state index contributed by atoms with van der Waals surface area (Å²) in [5.41, 5.74) is 2.89. The van der Waals surface area contributed by atoms with Gasteiger partial charge in [-0.1, -0.05) is 22.9 Å². The molecule has 0 bridgehead atoms. The summed E-state index contributed by atoms with van der Waals surface area (Å²) in [6.45, 7) is 8.27. The summed E-state index contributed by atoms with van der Waals surface area (Å²) in [6, 6.07) is 5.59. The van der Waals surface area contributed by atoms with E-state index in [1.165, 1.54) is 0 Å². The molecule has 0 fully saturated rings. The number of fused-ring (bicyclic) bond motifs is 1. The topological polar surface area (TPSA) is 73.2 Å². The monoisotopic (exact) mass is 405 g/mol. The summed E-state index contributed by atoms with van der Waals surface area (Å²) >= 11 is 7.23. The van der Waals surface area contributed by atoms with Crippen LogP contribution in [0, 0.1) is 13.8 Å². The SMILES string of the molecule is CCOC(=O)c1sc(NC(=O)c2c(C)c3cc(Cl)ccc3n2CC)nc1C. The van der Waals surface area contributed by atoms with Crippen LogP contribution in [0.1, 0.15) is 45.3 Å². The number of benzene rings is 1. The molecule has 1 aromatic carbocycles. The zero-order chi connectivity index (χ0) is 19.7. The molecule has 3 aromatic rings. The van der Waals surface area contributed by atoms with Crippen molar-refractivity contribution in [3.8, 4) is 0 Å². The molecule has 0 aliphatic rings. The Hall–Kier alpha value is -2.38. The molecule has 2 heterocycles. The van der Waals surface area contributed by atoms with Crippen LogP contribution in [0.4, 0.5) is 5.13 Å². The number of esters is 1. The van der Waals surface area contributed by atoms with E-state index in [-0.39, 0.29) is 12.5 Å². The average Bonchev–Trinajstić information content (AvgIpc) is 3.12. The van der Waals surface area contributed by atoms with Crippen LogP contribution < -0.4 is 5.32 Å². The highest BCUT2D eigenvalue weighted by Crippen LogP contribution is 2.30. The molecule has 0 unspecified atom stereocenters. The number of halogens is 1. The molecule has 0 aliphatic carbocycles. The second-order valence-corrected chi connectivity index (χ2v) is 7.42. The molecule has 2 aromatic heterocycles. The van der Waals surface area contributed by atoms with Gasteiger partial charge in [-0.05, 0) is 51.5 Å². The van der Waals surface area contributed by atoms with Crippen molar-refractivity contribution in [2.24, 2.45) is 0 Å². The number of thiazole rings is 1. The minimum absolute atomic E-state index is 0.272.